The second-order valence-electron chi connectivity index (χ2n) is 7.44. The first-order valence-electron chi connectivity index (χ1n) is 10.6. The van der Waals surface area contributed by atoms with Crippen molar-refractivity contribution in [2.75, 3.05) is 58.4 Å². The van der Waals surface area contributed by atoms with Crippen LogP contribution in [0.25, 0.3) is 10.2 Å². The lowest BCUT2D eigenvalue weighted by molar-refractivity contribution is 0.0398. The van der Waals surface area contributed by atoms with E-state index in [1.165, 1.54) is 0 Å². The molecule has 7 nitrogen and oxygen atoms in total. The minimum atomic E-state index is -0.0642. The second kappa shape index (κ2) is 10.6. The summed E-state index contributed by atoms with van der Waals surface area (Å²) in [6, 6.07) is 13.6. The molecule has 1 aromatic heterocycles. The van der Waals surface area contributed by atoms with Crippen molar-refractivity contribution in [1.82, 2.24) is 15.2 Å². The van der Waals surface area contributed by atoms with Crippen molar-refractivity contribution < 1.29 is 14.3 Å². The lowest BCUT2D eigenvalue weighted by Gasteiger charge is -2.26. The molecule has 3 aromatic rings. The molecule has 0 radical (unpaired) electrons. The van der Waals surface area contributed by atoms with Gasteiger partial charge in [-0.2, -0.15) is 0 Å². The van der Waals surface area contributed by atoms with Gasteiger partial charge in [0.05, 0.1) is 30.5 Å². The summed E-state index contributed by atoms with van der Waals surface area (Å²) in [7, 11) is 1.65. The summed E-state index contributed by atoms with van der Waals surface area (Å²) in [5, 5.41) is 7.30. The molecule has 1 saturated heterocycles. The molecule has 1 amide bonds. The van der Waals surface area contributed by atoms with E-state index in [1.54, 1.807) is 18.4 Å². The molecule has 0 atom stereocenters. The summed E-state index contributed by atoms with van der Waals surface area (Å²) in [6.07, 6.45) is 0.774. The Balaban J connectivity index is 1.27. The third-order valence-electron chi connectivity index (χ3n) is 5.32. The van der Waals surface area contributed by atoms with Gasteiger partial charge in [-0.3, -0.25) is 9.69 Å². The highest BCUT2D eigenvalue weighted by atomic mass is 32.1. The first kappa shape index (κ1) is 21.5. The molecule has 164 valence electrons. The van der Waals surface area contributed by atoms with E-state index >= 15 is 0 Å². The number of rotatable bonds is 9. The quantitative estimate of drug-likeness (QED) is 0.533. The Morgan fingerprint density at radius 3 is 2.74 bits per heavy atom. The number of amides is 1. The highest BCUT2D eigenvalue weighted by Crippen LogP contribution is 2.26. The summed E-state index contributed by atoms with van der Waals surface area (Å²) in [5.41, 5.74) is 2.73. The van der Waals surface area contributed by atoms with Crippen LogP contribution >= 0.6 is 11.3 Å². The number of hydrogen-bond acceptors (Lipinski definition) is 7. The Hall–Kier alpha value is -2.68. The number of carbonyl (C=O) groups is 1. The van der Waals surface area contributed by atoms with Gasteiger partial charge in [-0.05, 0) is 42.3 Å². The number of carbonyl (C=O) groups excluding carboxylic acids is 1. The van der Waals surface area contributed by atoms with E-state index in [0.29, 0.717) is 12.1 Å². The average molecular weight is 441 g/mol. The number of morpholine rings is 1. The molecule has 0 bridgehead atoms. The topological polar surface area (TPSA) is 75.7 Å². The largest absolute Gasteiger partial charge is 0.497 e. The van der Waals surface area contributed by atoms with E-state index in [-0.39, 0.29) is 5.91 Å². The predicted octanol–water partition coefficient (Wildman–Crippen LogP) is 3.02. The fraction of sp³-hybridized carbons (Fsp3) is 0.391. The molecule has 31 heavy (non-hydrogen) atoms. The summed E-state index contributed by atoms with van der Waals surface area (Å²) in [6.45, 7) is 6.00. The average Bonchev–Trinajstić information content (AvgIpc) is 3.22. The van der Waals surface area contributed by atoms with Crippen LogP contribution in [-0.2, 0) is 11.2 Å². The van der Waals surface area contributed by atoms with Crippen LogP contribution in [0.5, 0.6) is 5.75 Å². The van der Waals surface area contributed by atoms with Crippen molar-refractivity contribution in [2.24, 2.45) is 0 Å². The van der Waals surface area contributed by atoms with Gasteiger partial charge in [0.1, 0.15) is 5.75 Å². The number of hydrogen-bond donors (Lipinski definition) is 2. The molecular weight excluding hydrogens is 412 g/mol. The van der Waals surface area contributed by atoms with Crippen LogP contribution in [0.1, 0.15) is 15.9 Å². The SMILES string of the molecule is COc1ccc(CCNC(=O)c2ccc3nc(NCCN4CCOCC4)sc3c2)cc1. The molecule has 0 saturated carbocycles. The van der Waals surface area contributed by atoms with Gasteiger partial charge in [0, 0.05) is 38.3 Å². The van der Waals surface area contributed by atoms with E-state index in [0.717, 1.165) is 72.5 Å². The first-order valence-corrected chi connectivity index (χ1v) is 11.4. The number of methoxy groups -OCH3 is 1. The Labute approximate surface area is 186 Å². The van der Waals surface area contributed by atoms with Gasteiger partial charge in [-0.15, -0.1) is 0 Å². The van der Waals surface area contributed by atoms with Gasteiger partial charge in [-0.1, -0.05) is 23.5 Å². The summed E-state index contributed by atoms with van der Waals surface area (Å²) >= 11 is 1.58. The number of ether oxygens (including phenoxy) is 2. The van der Waals surface area contributed by atoms with Gasteiger partial charge in [-0.25, -0.2) is 4.98 Å². The highest BCUT2D eigenvalue weighted by Gasteiger charge is 2.11. The first-order chi connectivity index (χ1) is 15.2. The maximum atomic E-state index is 12.6. The molecule has 1 aliphatic heterocycles. The minimum absolute atomic E-state index is 0.0642. The second-order valence-corrected chi connectivity index (χ2v) is 8.47. The van der Waals surface area contributed by atoms with Crippen molar-refractivity contribution in [1.29, 1.82) is 0 Å². The third kappa shape index (κ3) is 5.94. The molecule has 1 fully saturated rings. The summed E-state index contributed by atoms with van der Waals surface area (Å²) < 4.78 is 11.6. The maximum Gasteiger partial charge on any atom is 0.251 e. The number of anilines is 1. The zero-order valence-corrected chi connectivity index (χ0v) is 18.5. The van der Waals surface area contributed by atoms with Gasteiger partial charge in [0.15, 0.2) is 5.13 Å². The smallest absolute Gasteiger partial charge is 0.251 e. The Bertz CT molecular complexity index is 1000. The van der Waals surface area contributed by atoms with Crippen LogP contribution in [0, 0.1) is 0 Å². The highest BCUT2D eigenvalue weighted by molar-refractivity contribution is 7.22. The molecule has 2 aromatic carbocycles. The maximum absolute atomic E-state index is 12.6. The predicted molar refractivity (Wildman–Crippen MR) is 124 cm³/mol. The van der Waals surface area contributed by atoms with E-state index in [2.05, 4.69) is 20.5 Å². The Morgan fingerprint density at radius 2 is 1.97 bits per heavy atom. The number of fused-ring (bicyclic) bond motifs is 1. The molecular formula is C23H28N4O3S. The molecule has 4 rings (SSSR count). The van der Waals surface area contributed by atoms with Crippen LogP contribution in [0.2, 0.25) is 0 Å². The number of aromatic nitrogens is 1. The molecule has 0 aliphatic carbocycles. The molecule has 2 heterocycles. The minimum Gasteiger partial charge on any atom is -0.497 e. The summed E-state index contributed by atoms with van der Waals surface area (Å²) in [5.74, 6) is 0.770. The lowest BCUT2D eigenvalue weighted by atomic mass is 10.1. The zero-order chi connectivity index (χ0) is 21.5. The monoisotopic (exact) mass is 440 g/mol. The van der Waals surface area contributed by atoms with E-state index < -0.39 is 0 Å². The molecule has 0 unspecified atom stereocenters. The molecule has 2 N–H and O–H groups in total. The van der Waals surface area contributed by atoms with E-state index in [4.69, 9.17) is 9.47 Å². The van der Waals surface area contributed by atoms with Crippen LogP contribution in [0.3, 0.4) is 0 Å². The van der Waals surface area contributed by atoms with Crippen molar-refractivity contribution in [3.63, 3.8) is 0 Å². The number of thiazole rings is 1. The summed E-state index contributed by atoms with van der Waals surface area (Å²) in [4.78, 5) is 19.6. The fourth-order valence-corrected chi connectivity index (χ4v) is 4.43. The number of benzene rings is 2. The Morgan fingerprint density at radius 1 is 1.16 bits per heavy atom. The lowest BCUT2D eigenvalue weighted by Crippen LogP contribution is -2.38. The van der Waals surface area contributed by atoms with Crippen molar-refractivity contribution in [3.8, 4) is 5.75 Å². The van der Waals surface area contributed by atoms with Gasteiger partial charge in [0.2, 0.25) is 0 Å². The third-order valence-corrected chi connectivity index (χ3v) is 6.29. The van der Waals surface area contributed by atoms with Gasteiger partial charge in [0.25, 0.3) is 5.91 Å². The van der Waals surface area contributed by atoms with Gasteiger partial charge < -0.3 is 20.1 Å². The zero-order valence-electron chi connectivity index (χ0n) is 17.7. The number of nitrogens with one attached hydrogen (secondary N) is 2. The van der Waals surface area contributed by atoms with E-state index in [9.17, 15) is 4.79 Å². The van der Waals surface area contributed by atoms with E-state index in [1.807, 2.05) is 42.5 Å². The Kier molecular flexibility index (Phi) is 7.35. The number of nitrogens with zero attached hydrogens (tertiary/aromatic N) is 2. The van der Waals surface area contributed by atoms with Crippen molar-refractivity contribution in [3.05, 3.63) is 53.6 Å². The van der Waals surface area contributed by atoms with Crippen LogP contribution < -0.4 is 15.4 Å². The van der Waals surface area contributed by atoms with Crippen LogP contribution in [-0.4, -0.2) is 68.8 Å². The van der Waals surface area contributed by atoms with Gasteiger partial charge >= 0.3 is 0 Å². The fourth-order valence-electron chi connectivity index (χ4n) is 3.50. The normalized spacial score (nSPS) is 14.5. The van der Waals surface area contributed by atoms with Crippen molar-refractivity contribution in [2.45, 2.75) is 6.42 Å². The van der Waals surface area contributed by atoms with Crippen LogP contribution in [0.4, 0.5) is 5.13 Å². The standard InChI is InChI=1S/C23H28N4O3S/c1-29-19-5-2-17(3-6-19)8-9-24-22(28)18-4-7-20-21(16-18)31-23(26-20)25-10-11-27-12-14-30-15-13-27/h2-7,16H,8-15H2,1H3,(H,24,28)(H,25,26). The molecule has 0 spiro atoms. The molecule has 8 heteroatoms. The van der Waals surface area contributed by atoms with Crippen LogP contribution in [0.15, 0.2) is 42.5 Å². The molecule has 1 aliphatic rings. The van der Waals surface area contributed by atoms with Crippen molar-refractivity contribution >= 4 is 32.6 Å².